The van der Waals surface area contributed by atoms with Gasteiger partial charge in [0, 0.05) is 31.2 Å². The molecule has 2 N–H and O–H groups in total. The minimum atomic E-state index is -0.264. The molecule has 0 aliphatic carbocycles. The van der Waals surface area contributed by atoms with E-state index in [1.807, 2.05) is 0 Å². The number of rotatable bonds is 3. The molecule has 1 aromatic carbocycles. The molecule has 2 rings (SSSR count). The fourth-order valence-corrected chi connectivity index (χ4v) is 1.87. The molecule has 1 aliphatic rings. The zero-order valence-electron chi connectivity index (χ0n) is 8.97. The van der Waals surface area contributed by atoms with E-state index >= 15 is 0 Å². The van der Waals surface area contributed by atoms with Crippen molar-refractivity contribution in [1.82, 2.24) is 10.2 Å². The molecular weight excluding hydrogens is 229 g/mol. The maximum absolute atomic E-state index is 13.4. The van der Waals surface area contributed by atoms with Crippen molar-refractivity contribution in [3.05, 3.63) is 29.0 Å². The van der Waals surface area contributed by atoms with Crippen LogP contribution in [0.1, 0.15) is 0 Å². The third kappa shape index (κ3) is 3.07. The Bertz CT molecular complexity index is 353. The quantitative estimate of drug-likeness (QED) is 0.847. The largest absolute Gasteiger partial charge is 0.370 e. The molecule has 0 aromatic heterocycles. The Morgan fingerprint density at radius 1 is 1.38 bits per heavy atom. The molecule has 3 nitrogen and oxygen atoms in total. The van der Waals surface area contributed by atoms with Gasteiger partial charge in [-0.05, 0) is 18.2 Å². The van der Waals surface area contributed by atoms with Gasteiger partial charge in [-0.25, -0.2) is 4.39 Å². The first-order valence-electron chi connectivity index (χ1n) is 5.38. The number of halogens is 2. The van der Waals surface area contributed by atoms with Gasteiger partial charge in [-0.15, -0.1) is 0 Å². The molecule has 0 radical (unpaired) electrons. The lowest BCUT2D eigenvalue weighted by Crippen LogP contribution is -2.45. The van der Waals surface area contributed by atoms with Gasteiger partial charge in [-0.2, -0.15) is 0 Å². The van der Waals surface area contributed by atoms with Crippen molar-refractivity contribution in [2.75, 3.05) is 38.2 Å². The Hall–Kier alpha value is -0.840. The molecule has 1 aromatic rings. The van der Waals surface area contributed by atoms with E-state index < -0.39 is 0 Å². The number of benzene rings is 1. The monoisotopic (exact) mass is 243 g/mol. The van der Waals surface area contributed by atoms with E-state index in [1.54, 1.807) is 12.1 Å². The lowest BCUT2D eigenvalue weighted by atomic mass is 10.3. The molecular formula is C11H15ClFN3. The number of piperazine rings is 1. The molecule has 88 valence electrons. The summed E-state index contributed by atoms with van der Waals surface area (Å²) in [6.45, 7) is 4.59. The van der Waals surface area contributed by atoms with Gasteiger partial charge < -0.3 is 10.6 Å². The summed E-state index contributed by atoms with van der Waals surface area (Å²) in [4.78, 5) is 2.23. The first-order valence-corrected chi connectivity index (χ1v) is 5.75. The standard InChI is InChI=1S/C11H15ClFN3/c12-9-1-2-10(13)11(7-9)15-8-16-5-3-14-4-6-16/h1-2,7,14-15H,3-6,8H2. The summed E-state index contributed by atoms with van der Waals surface area (Å²) in [6, 6.07) is 4.54. The summed E-state index contributed by atoms with van der Waals surface area (Å²) < 4.78 is 13.4. The van der Waals surface area contributed by atoms with Crippen molar-refractivity contribution in [1.29, 1.82) is 0 Å². The van der Waals surface area contributed by atoms with Crippen LogP contribution in [0.4, 0.5) is 10.1 Å². The van der Waals surface area contributed by atoms with Gasteiger partial charge in [0.1, 0.15) is 5.82 Å². The topological polar surface area (TPSA) is 27.3 Å². The highest BCUT2D eigenvalue weighted by atomic mass is 35.5. The van der Waals surface area contributed by atoms with Crippen LogP contribution < -0.4 is 10.6 Å². The maximum atomic E-state index is 13.4. The summed E-state index contributed by atoms with van der Waals surface area (Å²) in [7, 11) is 0. The number of hydrogen-bond acceptors (Lipinski definition) is 3. The van der Waals surface area contributed by atoms with Gasteiger partial charge in [-0.1, -0.05) is 11.6 Å². The van der Waals surface area contributed by atoms with Gasteiger partial charge >= 0.3 is 0 Å². The molecule has 0 amide bonds. The normalized spacial score (nSPS) is 17.4. The van der Waals surface area contributed by atoms with Crippen LogP contribution in [0.5, 0.6) is 0 Å². The smallest absolute Gasteiger partial charge is 0.146 e. The van der Waals surface area contributed by atoms with Crippen LogP contribution in [0, 0.1) is 5.82 Å². The fourth-order valence-electron chi connectivity index (χ4n) is 1.70. The maximum Gasteiger partial charge on any atom is 0.146 e. The summed E-state index contributed by atoms with van der Waals surface area (Å²) >= 11 is 5.81. The molecule has 1 aliphatic heterocycles. The van der Waals surface area contributed by atoms with E-state index in [2.05, 4.69) is 15.5 Å². The highest BCUT2D eigenvalue weighted by Crippen LogP contribution is 2.19. The van der Waals surface area contributed by atoms with Crippen LogP contribution in [-0.2, 0) is 0 Å². The number of nitrogens with zero attached hydrogens (tertiary/aromatic N) is 1. The van der Waals surface area contributed by atoms with E-state index in [4.69, 9.17) is 11.6 Å². The summed E-state index contributed by atoms with van der Waals surface area (Å²) in [5.74, 6) is -0.264. The number of anilines is 1. The predicted octanol–water partition coefficient (Wildman–Crippen LogP) is 1.75. The molecule has 16 heavy (non-hydrogen) atoms. The zero-order chi connectivity index (χ0) is 11.4. The van der Waals surface area contributed by atoms with Crippen molar-refractivity contribution < 1.29 is 4.39 Å². The van der Waals surface area contributed by atoms with Crippen LogP contribution in [-0.4, -0.2) is 37.7 Å². The highest BCUT2D eigenvalue weighted by molar-refractivity contribution is 6.30. The van der Waals surface area contributed by atoms with Gasteiger partial charge in [0.25, 0.3) is 0 Å². The number of hydrogen-bond donors (Lipinski definition) is 2. The lowest BCUT2D eigenvalue weighted by Gasteiger charge is -2.27. The van der Waals surface area contributed by atoms with E-state index in [0.29, 0.717) is 17.4 Å². The van der Waals surface area contributed by atoms with Crippen molar-refractivity contribution >= 4 is 17.3 Å². The lowest BCUT2D eigenvalue weighted by molar-refractivity contribution is 0.256. The average molecular weight is 244 g/mol. The summed E-state index contributed by atoms with van der Waals surface area (Å²) in [5.41, 5.74) is 0.464. The van der Waals surface area contributed by atoms with Gasteiger partial charge in [0.15, 0.2) is 0 Å². The third-order valence-corrected chi connectivity index (χ3v) is 2.87. The Labute approximate surface area is 99.6 Å². The van der Waals surface area contributed by atoms with Crippen molar-refractivity contribution in [2.24, 2.45) is 0 Å². The van der Waals surface area contributed by atoms with E-state index in [0.717, 1.165) is 26.2 Å². The predicted molar refractivity (Wildman–Crippen MR) is 64.3 cm³/mol. The van der Waals surface area contributed by atoms with Crippen LogP contribution in [0.15, 0.2) is 18.2 Å². The summed E-state index contributed by atoms with van der Waals surface area (Å²) in [6.07, 6.45) is 0. The fraction of sp³-hybridized carbons (Fsp3) is 0.455. The second-order valence-corrected chi connectivity index (χ2v) is 4.26. The van der Waals surface area contributed by atoms with Crippen molar-refractivity contribution in [2.45, 2.75) is 0 Å². The van der Waals surface area contributed by atoms with Gasteiger partial charge in [-0.3, -0.25) is 4.90 Å². The first kappa shape index (κ1) is 11.6. The van der Waals surface area contributed by atoms with Gasteiger partial charge in [0.05, 0.1) is 12.4 Å². The van der Waals surface area contributed by atoms with E-state index in [1.165, 1.54) is 6.07 Å². The minimum absolute atomic E-state index is 0.264. The van der Waals surface area contributed by atoms with Gasteiger partial charge in [0.2, 0.25) is 0 Å². The summed E-state index contributed by atoms with van der Waals surface area (Å²) in [5, 5.41) is 6.88. The van der Waals surface area contributed by atoms with Crippen LogP contribution in [0.3, 0.4) is 0 Å². The molecule has 1 fully saturated rings. The molecule has 1 heterocycles. The van der Waals surface area contributed by atoms with Crippen molar-refractivity contribution in [3.8, 4) is 0 Å². The molecule has 0 spiro atoms. The molecule has 0 atom stereocenters. The second kappa shape index (κ2) is 5.48. The molecule has 0 unspecified atom stereocenters. The molecule has 0 saturated carbocycles. The van der Waals surface area contributed by atoms with Crippen LogP contribution in [0.2, 0.25) is 5.02 Å². The van der Waals surface area contributed by atoms with Crippen LogP contribution >= 0.6 is 11.6 Å². The van der Waals surface area contributed by atoms with E-state index in [-0.39, 0.29) is 5.82 Å². The Kier molecular flexibility index (Phi) is 3.98. The number of nitrogens with one attached hydrogen (secondary N) is 2. The van der Waals surface area contributed by atoms with Crippen molar-refractivity contribution in [3.63, 3.8) is 0 Å². The highest BCUT2D eigenvalue weighted by Gasteiger charge is 2.09. The molecule has 5 heteroatoms. The Morgan fingerprint density at radius 2 is 2.12 bits per heavy atom. The SMILES string of the molecule is Fc1ccc(Cl)cc1NCN1CCNCC1. The van der Waals surface area contributed by atoms with Crippen LogP contribution in [0.25, 0.3) is 0 Å². The molecule has 1 saturated heterocycles. The Morgan fingerprint density at radius 3 is 2.88 bits per heavy atom. The van der Waals surface area contributed by atoms with E-state index in [9.17, 15) is 4.39 Å². The minimum Gasteiger partial charge on any atom is -0.370 e. The first-order chi connectivity index (χ1) is 7.75. The Balaban J connectivity index is 1.90. The average Bonchev–Trinajstić information content (AvgIpc) is 2.32. The molecule has 0 bridgehead atoms. The second-order valence-electron chi connectivity index (χ2n) is 3.83. The third-order valence-electron chi connectivity index (χ3n) is 2.63. The zero-order valence-corrected chi connectivity index (χ0v) is 9.73.